The summed E-state index contributed by atoms with van der Waals surface area (Å²) in [7, 11) is 0. The molecule has 4 rings (SSSR count). The zero-order valence-electron chi connectivity index (χ0n) is 14.6. The predicted molar refractivity (Wildman–Crippen MR) is 105 cm³/mol. The van der Waals surface area contributed by atoms with E-state index < -0.39 is 0 Å². The van der Waals surface area contributed by atoms with Crippen LogP contribution in [-0.4, -0.2) is 27.8 Å². The largest absolute Gasteiger partial charge is 0.493 e. The summed E-state index contributed by atoms with van der Waals surface area (Å²) < 4.78 is 13.3. The molecule has 0 radical (unpaired) electrons. The molecule has 0 bridgehead atoms. The lowest BCUT2D eigenvalue weighted by atomic mass is 10.2. The van der Waals surface area contributed by atoms with Crippen molar-refractivity contribution in [1.82, 2.24) is 14.7 Å². The van der Waals surface area contributed by atoms with Crippen LogP contribution in [-0.2, 0) is 6.67 Å². The number of para-hydroxylation sites is 1. The topological polar surface area (TPSA) is 43.4 Å². The van der Waals surface area contributed by atoms with Crippen LogP contribution < -0.4 is 4.74 Å². The average molecular weight is 388 g/mol. The number of hydrogen-bond donors (Lipinski definition) is 0. The maximum absolute atomic E-state index is 5.79. The van der Waals surface area contributed by atoms with E-state index in [1.54, 1.807) is 4.68 Å². The van der Waals surface area contributed by atoms with Crippen LogP contribution in [0.1, 0.15) is 30.7 Å². The minimum absolute atomic E-state index is 0.392. The Hall–Kier alpha value is -1.96. The van der Waals surface area contributed by atoms with Crippen molar-refractivity contribution in [2.75, 3.05) is 13.2 Å². The summed E-state index contributed by atoms with van der Waals surface area (Å²) in [6.07, 6.45) is 2.36. The third kappa shape index (κ3) is 3.47. The van der Waals surface area contributed by atoms with Crippen molar-refractivity contribution >= 4 is 23.6 Å². The molecule has 1 atom stereocenters. The Morgan fingerprint density at radius 2 is 2.19 bits per heavy atom. The average Bonchev–Trinajstić information content (AvgIpc) is 3.38. The first kappa shape index (κ1) is 17.5. The van der Waals surface area contributed by atoms with Crippen LogP contribution in [0.2, 0.25) is 0 Å². The zero-order valence-corrected chi connectivity index (χ0v) is 16.3. The first-order valence-electron chi connectivity index (χ1n) is 8.84. The lowest BCUT2D eigenvalue weighted by molar-refractivity contribution is 0.190. The molecule has 1 saturated heterocycles. The Morgan fingerprint density at radius 1 is 1.31 bits per heavy atom. The molecule has 7 heteroatoms. The fourth-order valence-corrected chi connectivity index (χ4v) is 4.47. The fourth-order valence-electron chi connectivity index (χ4n) is 3.40. The summed E-state index contributed by atoms with van der Waals surface area (Å²) in [5.41, 5.74) is 0.829. The summed E-state index contributed by atoms with van der Waals surface area (Å²) in [4.78, 5) is 4.21. The van der Waals surface area contributed by atoms with Crippen LogP contribution in [0.15, 0.2) is 46.2 Å². The van der Waals surface area contributed by atoms with Gasteiger partial charge in [0.05, 0.1) is 18.8 Å². The molecule has 0 amide bonds. The molecule has 3 aromatic rings. The van der Waals surface area contributed by atoms with E-state index in [-0.39, 0.29) is 0 Å². The highest BCUT2D eigenvalue weighted by atomic mass is 32.1. The fraction of sp³-hybridized carbons (Fsp3) is 0.368. The van der Waals surface area contributed by atoms with Gasteiger partial charge < -0.3 is 9.15 Å². The number of ether oxygens (including phenoxy) is 1. The van der Waals surface area contributed by atoms with Crippen LogP contribution >= 0.6 is 23.6 Å². The van der Waals surface area contributed by atoms with Crippen molar-refractivity contribution in [2.45, 2.75) is 32.5 Å². The Labute approximate surface area is 161 Å². The number of benzene rings is 1. The van der Waals surface area contributed by atoms with Gasteiger partial charge in [-0.2, -0.15) is 0 Å². The van der Waals surface area contributed by atoms with Crippen LogP contribution in [0.3, 0.4) is 0 Å². The van der Waals surface area contributed by atoms with E-state index in [4.69, 9.17) is 21.4 Å². The molecule has 0 unspecified atom stereocenters. The van der Waals surface area contributed by atoms with Crippen molar-refractivity contribution in [3.63, 3.8) is 0 Å². The van der Waals surface area contributed by atoms with E-state index in [1.165, 1.54) is 17.7 Å². The lowest BCUT2D eigenvalue weighted by Crippen LogP contribution is -2.26. The summed E-state index contributed by atoms with van der Waals surface area (Å²) in [6, 6.07) is 12.5. The molecule has 1 fully saturated rings. The maximum Gasteiger partial charge on any atom is 0.288 e. The van der Waals surface area contributed by atoms with Gasteiger partial charge in [-0.3, -0.25) is 4.90 Å². The monoisotopic (exact) mass is 387 g/mol. The Kier molecular flexibility index (Phi) is 5.19. The van der Waals surface area contributed by atoms with Gasteiger partial charge in [0.15, 0.2) is 0 Å². The molecule has 2 aromatic heterocycles. The molecule has 0 N–H and O–H groups in total. The Morgan fingerprint density at radius 3 is 3.00 bits per heavy atom. The summed E-state index contributed by atoms with van der Waals surface area (Å²) in [5.74, 6) is 1.27. The van der Waals surface area contributed by atoms with Gasteiger partial charge in [0, 0.05) is 17.5 Å². The summed E-state index contributed by atoms with van der Waals surface area (Å²) in [5, 5.41) is 6.77. The van der Waals surface area contributed by atoms with Crippen molar-refractivity contribution in [1.29, 1.82) is 0 Å². The van der Waals surface area contributed by atoms with Gasteiger partial charge in [-0.1, -0.05) is 18.2 Å². The molecule has 1 aliphatic heterocycles. The van der Waals surface area contributed by atoms with Crippen molar-refractivity contribution < 1.29 is 9.15 Å². The zero-order chi connectivity index (χ0) is 17.9. The number of hydrogen-bond acceptors (Lipinski definition) is 6. The number of rotatable bonds is 6. The molecular formula is C19H21N3O2S2. The maximum atomic E-state index is 5.79. The molecule has 1 aromatic carbocycles. The van der Waals surface area contributed by atoms with E-state index in [0.717, 1.165) is 17.9 Å². The second-order valence-corrected chi connectivity index (χ2v) is 7.56. The molecule has 1 aliphatic rings. The number of likely N-dealkylation sites (tertiary alicyclic amines) is 1. The molecule has 0 spiro atoms. The van der Waals surface area contributed by atoms with E-state index >= 15 is 0 Å². The normalized spacial score (nSPS) is 17.7. The van der Waals surface area contributed by atoms with Crippen LogP contribution in [0, 0.1) is 4.84 Å². The summed E-state index contributed by atoms with van der Waals surface area (Å²) in [6.45, 7) is 4.24. The van der Waals surface area contributed by atoms with E-state index in [0.29, 0.717) is 30.0 Å². The standard InChI is InChI=1S/C19H21N3O2S2/c1-2-23-16-9-4-3-7-14(16)18-20-22(19(25)24-18)13-21-11-5-8-15(21)17-10-6-12-26-17/h3-4,6-7,9-10,12,15H,2,5,8,11,13H2,1H3/t15-/m0/s1. The molecule has 3 heterocycles. The van der Waals surface area contributed by atoms with Crippen LogP contribution in [0.4, 0.5) is 0 Å². The molecule has 0 aliphatic carbocycles. The van der Waals surface area contributed by atoms with E-state index in [2.05, 4.69) is 27.5 Å². The second-order valence-electron chi connectivity index (χ2n) is 6.23. The number of thiophene rings is 1. The van der Waals surface area contributed by atoms with E-state index in [9.17, 15) is 0 Å². The minimum Gasteiger partial charge on any atom is -0.493 e. The molecule has 5 nitrogen and oxygen atoms in total. The first-order valence-corrected chi connectivity index (χ1v) is 10.1. The van der Waals surface area contributed by atoms with Crippen LogP contribution in [0.25, 0.3) is 11.5 Å². The number of aromatic nitrogens is 2. The second kappa shape index (κ2) is 7.73. The molecular weight excluding hydrogens is 366 g/mol. The molecule has 0 saturated carbocycles. The molecule has 26 heavy (non-hydrogen) atoms. The van der Waals surface area contributed by atoms with Crippen LogP contribution in [0.5, 0.6) is 5.75 Å². The quantitative estimate of drug-likeness (QED) is 0.549. The third-order valence-corrected chi connectivity index (χ3v) is 5.84. The number of nitrogens with zero attached hydrogens (tertiary/aromatic N) is 3. The molecule has 136 valence electrons. The highest BCUT2D eigenvalue weighted by Crippen LogP contribution is 2.35. The first-order chi connectivity index (χ1) is 12.8. The van der Waals surface area contributed by atoms with E-state index in [1.807, 2.05) is 42.5 Å². The van der Waals surface area contributed by atoms with Crippen molar-refractivity contribution in [2.24, 2.45) is 0 Å². The van der Waals surface area contributed by atoms with Gasteiger partial charge in [-0.05, 0) is 55.6 Å². The predicted octanol–water partition coefficient (Wildman–Crippen LogP) is 5.13. The van der Waals surface area contributed by atoms with Crippen molar-refractivity contribution in [3.8, 4) is 17.2 Å². The van der Waals surface area contributed by atoms with Gasteiger partial charge in [0.1, 0.15) is 5.75 Å². The SMILES string of the molecule is CCOc1ccccc1-c1nn(CN2CCC[C@H]2c2cccs2)c(=S)o1. The summed E-state index contributed by atoms with van der Waals surface area (Å²) >= 11 is 7.23. The highest BCUT2D eigenvalue weighted by Gasteiger charge is 2.27. The Balaban J connectivity index is 1.59. The van der Waals surface area contributed by atoms with Gasteiger partial charge in [-0.15, -0.1) is 16.4 Å². The van der Waals surface area contributed by atoms with Gasteiger partial charge >= 0.3 is 0 Å². The van der Waals surface area contributed by atoms with Gasteiger partial charge in [0.2, 0.25) is 0 Å². The highest BCUT2D eigenvalue weighted by molar-refractivity contribution is 7.71. The minimum atomic E-state index is 0.392. The Bertz CT molecular complexity index is 917. The van der Waals surface area contributed by atoms with Crippen molar-refractivity contribution in [3.05, 3.63) is 51.5 Å². The third-order valence-electron chi connectivity index (χ3n) is 4.57. The van der Waals surface area contributed by atoms with Gasteiger partial charge in [0.25, 0.3) is 10.7 Å². The van der Waals surface area contributed by atoms with Gasteiger partial charge in [-0.25, -0.2) is 4.68 Å². The lowest BCUT2D eigenvalue weighted by Gasteiger charge is -2.22. The smallest absolute Gasteiger partial charge is 0.288 e.